The Kier molecular flexibility index (Phi) is 7.25. The number of fused-ring (bicyclic) bond motifs is 1. The first kappa shape index (κ1) is 23.5. The molecule has 8 heteroatoms. The average Bonchev–Trinajstić information content (AvgIpc) is 3.31. The number of ether oxygens (including phenoxy) is 4. The lowest BCUT2D eigenvalue weighted by molar-refractivity contribution is -0.130. The summed E-state index contributed by atoms with van der Waals surface area (Å²) in [5.74, 6) is 2.34. The fraction of sp³-hybridized carbons (Fsp3) is 0.385. The number of hydrogen-bond donors (Lipinski definition) is 1. The minimum atomic E-state index is -0.142. The Balaban J connectivity index is 1.28. The van der Waals surface area contributed by atoms with E-state index in [2.05, 4.69) is 5.32 Å². The summed E-state index contributed by atoms with van der Waals surface area (Å²) in [6.07, 6.45) is 4.60. The van der Waals surface area contributed by atoms with E-state index in [1.54, 1.807) is 42.4 Å². The highest BCUT2D eigenvalue weighted by atomic mass is 16.7. The minimum Gasteiger partial charge on any atom is -0.493 e. The second kappa shape index (κ2) is 10.5. The first-order valence-corrected chi connectivity index (χ1v) is 11.4. The van der Waals surface area contributed by atoms with Crippen molar-refractivity contribution in [2.24, 2.45) is 5.92 Å². The van der Waals surface area contributed by atoms with E-state index in [1.165, 1.54) is 0 Å². The normalized spacial score (nSPS) is 15.6. The van der Waals surface area contributed by atoms with Crippen molar-refractivity contribution in [3.63, 3.8) is 0 Å². The summed E-state index contributed by atoms with van der Waals surface area (Å²) in [5, 5.41) is 2.95. The lowest BCUT2D eigenvalue weighted by Crippen LogP contribution is -2.40. The van der Waals surface area contributed by atoms with Crippen LogP contribution in [0.4, 0.5) is 5.69 Å². The molecule has 0 radical (unpaired) electrons. The molecule has 1 saturated heterocycles. The molecule has 4 rings (SSSR count). The van der Waals surface area contributed by atoms with Crippen molar-refractivity contribution in [1.29, 1.82) is 0 Å². The van der Waals surface area contributed by atoms with Crippen molar-refractivity contribution in [2.75, 3.05) is 32.3 Å². The molecule has 2 aromatic carbocycles. The number of hydrogen-bond acceptors (Lipinski definition) is 6. The fourth-order valence-electron chi connectivity index (χ4n) is 3.99. The molecule has 0 unspecified atom stereocenters. The predicted molar refractivity (Wildman–Crippen MR) is 128 cm³/mol. The summed E-state index contributed by atoms with van der Waals surface area (Å²) in [6.45, 7) is 5.17. The summed E-state index contributed by atoms with van der Waals surface area (Å²) in [5.41, 5.74) is 1.52. The maximum Gasteiger partial charge on any atom is 0.246 e. The molecule has 2 heterocycles. The number of piperidine rings is 1. The molecular weight excluding hydrogens is 436 g/mol. The van der Waals surface area contributed by atoms with Crippen LogP contribution in [0.5, 0.6) is 23.0 Å². The SMILES string of the molecule is COc1cc(/C=C/C(=O)N2CCC(C(=O)Nc3ccc4c(c3)OCO4)CC2)ccc1OC(C)C. The molecule has 0 spiro atoms. The number of likely N-dealkylation sites (tertiary alicyclic amines) is 1. The Bertz CT molecular complexity index is 1070. The van der Waals surface area contributed by atoms with Gasteiger partial charge in [-0.2, -0.15) is 0 Å². The number of carbonyl (C=O) groups excluding carboxylic acids is 2. The van der Waals surface area contributed by atoms with Crippen LogP contribution < -0.4 is 24.3 Å². The van der Waals surface area contributed by atoms with Crippen LogP contribution in [-0.2, 0) is 9.59 Å². The van der Waals surface area contributed by atoms with Gasteiger partial charge in [0, 0.05) is 36.8 Å². The van der Waals surface area contributed by atoms with Crippen LogP contribution in [0, 0.1) is 5.92 Å². The maximum atomic E-state index is 12.7. The molecule has 0 aliphatic carbocycles. The van der Waals surface area contributed by atoms with Gasteiger partial charge in [-0.1, -0.05) is 6.07 Å². The highest BCUT2D eigenvalue weighted by Crippen LogP contribution is 2.34. The number of benzene rings is 2. The second-order valence-corrected chi connectivity index (χ2v) is 8.57. The van der Waals surface area contributed by atoms with Crippen LogP contribution in [0.15, 0.2) is 42.5 Å². The molecule has 2 amide bonds. The summed E-state index contributed by atoms with van der Waals surface area (Å²) in [6, 6.07) is 10.9. The van der Waals surface area contributed by atoms with E-state index in [1.807, 2.05) is 32.0 Å². The third-order valence-corrected chi connectivity index (χ3v) is 5.79. The molecule has 2 aromatic rings. The molecule has 0 aromatic heterocycles. The summed E-state index contributed by atoms with van der Waals surface area (Å²) < 4.78 is 21.8. The zero-order valence-corrected chi connectivity index (χ0v) is 19.7. The molecule has 2 aliphatic heterocycles. The topological polar surface area (TPSA) is 86.3 Å². The van der Waals surface area contributed by atoms with Crippen molar-refractivity contribution >= 4 is 23.6 Å². The number of rotatable bonds is 7. The zero-order chi connectivity index (χ0) is 24.1. The van der Waals surface area contributed by atoms with E-state index in [9.17, 15) is 9.59 Å². The summed E-state index contributed by atoms with van der Waals surface area (Å²) in [7, 11) is 1.59. The lowest BCUT2D eigenvalue weighted by Gasteiger charge is -2.30. The molecule has 0 saturated carbocycles. The molecule has 1 fully saturated rings. The van der Waals surface area contributed by atoms with E-state index >= 15 is 0 Å². The standard InChI is InChI=1S/C26H30N2O6/c1-17(2)34-22-7-4-18(14-23(22)31-3)5-9-25(29)28-12-10-19(11-13-28)26(30)27-20-6-8-21-24(15-20)33-16-32-21/h4-9,14-15,17,19H,10-13,16H2,1-3H3,(H,27,30)/b9-5+. The molecule has 34 heavy (non-hydrogen) atoms. The molecule has 0 atom stereocenters. The summed E-state index contributed by atoms with van der Waals surface area (Å²) in [4.78, 5) is 27.1. The Morgan fingerprint density at radius 3 is 2.56 bits per heavy atom. The van der Waals surface area contributed by atoms with Gasteiger partial charge in [-0.05, 0) is 62.6 Å². The van der Waals surface area contributed by atoms with Gasteiger partial charge in [0.05, 0.1) is 13.2 Å². The second-order valence-electron chi connectivity index (χ2n) is 8.57. The van der Waals surface area contributed by atoms with Crippen molar-refractivity contribution < 1.29 is 28.5 Å². The largest absolute Gasteiger partial charge is 0.493 e. The molecule has 2 aliphatic rings. The molecule has 8 nitrogen and oxygen atoms in total. The van der Waals surface area contributed by atoms with E-state index in [4.69, 9.17) is 18.9 Å². The number of carbonyl (C=O) groups is 2. The van der Waals surface area contributed by atoms with Crippen LogP contribution in [0.25, 0.3) is 6.08 Å². The summed E-state index contributed by atoms with van der Waals surface area (Å²) >= 11 is 0. The van der Waals surface area contributed by atoms with Crippen molar-refractivity contribution in [2.45, 2.75) is 32.8 Å². The number of methoxy groups -OCH3 is 1. The lowest BCUT2D eigenvalue weighted by atomic mass is 9.95. The Morgan fingerprint density at radius 1 is 1.06 bits per heavy atom. The molecule has 180 valence electrons. The number of nitrogens with one attached hydrogen (secondary N) is 1. The number of nitrogens with zero attached hydrogens (tertiary/aromatic N) is 1. The Labute approximate surface area is 199 Å². The monoisotopic (exact) mass is 466 g/mol. The van der Waals surface area contributed by atoms with Gasteiger partial charge in [-0.25, -0.2) is 0 Å². The van der Waals surface area contributed by atoms with Crippen LogP contribution in [0.2, 0.25) is 0 Å². The Hall–Kier alpha value is -3.68. The van der Waals surface area contributed by atoms with E-state index in [0.717, 1.165) is 5.56 Å². The Morgan fingerprint density at radius 2 is 1.82 bits per heavy atom. The van der Waals surface area contributed by atoms with Gasteiger partial charge in [0.2, 0.25) is 18.6 Å². The minimum absolute atomic E-state index is 0.0406. The highest BCUT2D eigenvalue weighted by molar-refractivity contribution is 5.94. The van der Waals surface area contributed by atoms with E-state index < -0.39 is 0 Å². The van der Waals surface area contributed by atoms with Crippen LogP contribution in [0.1, 0.15) is 32.3 Å². The van der Waals surface area contributed by atoms with E-state index in [0.29, 0.717) is 54.6 Å². The number of amides is 2. The third kappa shape index (κ3) is 5.62. The number of anilines is 1. The van der Waals surface area contributed by atoms with Crippen molar-refractivity contribution in [3.05, 3.63) is 48.0 Å². The van der Waals surface area contributed by atoms with Gasteiger partial charge in [-0.3, -0.25) is 9.59 Å². The van der Waals surface area contributed by atoms with Crippen molar-refractivity contribution in [1.82, 2.24) is 4.90 Å². The smallest absolute Gasteiger partial charge is 0.246 e. The van der Waals surface area contributed by atoms with Gasteiger partial charge < -0.3 is 29.2 Å². The molecule has 0 bridgehead atoms. The maximum absolute atomic E-state index is 12.7. The van der Waals surface area contributed by atoms with Gasteiger partial charge in [0.15, 0.2) is 23.0 Å². The molecule has 1 N–H and O–H groups in total. The zero-order valence-electron chi connectivity index (χ0n) is 19.7. The van der Waals surface area contributed by atoms with Crippen molar-refractivity contribution in [3.8, 4) is 23.0 Å². The predicted octanol–water partition coefficient (Wildman–Crippen LogP) is 4.10. The third-order valence-electron chi connectivity index (χ3n) is 5.79. The highest BCUT2D eigenvalue weighted by Gasteiger charge is 2.27. The van der Waals surface area contributed by atoms with Crippen LogP contribution >= 0.6 is 0 Å². The van der Waals surface area contributed by atoms with Crippen LogP contribution in [-0.4, -0.2) is 49.8 Å². The average molecular weight is 467 g/mol. The van der Waals surface area contributed by atoms with E-state index in [-0.39, 0.29) is 30.6 Å². The van der Waals surface area contributed by atoms with Gasteiger partial charge >= 0.3 is 0 Å². The first-order chi connectivity index (χ1) is 16.4. The van der Waals surface area contributed by atoms with Gasteiger partial charge in [-0.15, -0.1) is 0 Å². The van der Waals surface area contributed by atoms with Crippen LogP contribution in [0.3, 0.4) is 0 Å². The fourth-order valence-corrected chi connectivity index (χ4v) is 3.99. The first-order valence-electron chi connectivity index (χ1n) is 11.4. The van der Waals surface area contributed by atoms with Gasteiger partial charge in [0.1, 0.15) is 0 Å². The quantitative estimate of drug-likeness (QED) is 0.619. The van der Waals surface area contributed by atoms with Gasteiger partial charge in [0.25, 0.3) is 0 Å². The molecular formula is C26H30N2O6.